The Morgan fingerprint density at radius 1 is 0.747 bits per heavy atom. The molecule has 23 heteroatoms. The van der Waals surface area contributed by atoms with Crippen molar-refractivity contribution in [1.29, 1.82) is 0 Å². The molecule has 10 N–H and O–H groups in total. The highest BCUT2D eigenvalue weighted by atomic mass is 16.8. The second kappa shape index (κ2) is 26.7. The van der Waals surface area contributed by atoms with E-state index in [1.54, 1.807) is 31.2 Å². The fourth-order valence-corrected chi connectivity index (χ4v) is 9.96. The van der Waals surface area contributed by atoms with Crippen molar-refractivity contribution in [1.82, 2.24) is 5.32 Å². The van der Waals surface area contributed by atoms with Crippen LogP contribution in [0.25, 0.3) is 6.08 Å². The summed E-state index contributed by atoms with van der Waals surface area (Å²) in [4.78, 5) is 40.4. The highest BCUT2D eigenvalue weighted by molar-refractivity contribution is 5.89. The Bertz CT molecular complexity index is 2240. The summed E-state index contributed by atoms with van der Waals surface area (Å²) in [7, 11) is 0. The summed E-state index contributed by atoms with van der Waals surface area (Å²) < 4.78 is 60.3. The molecule has 1 saturated carbocycles. The first kappa shape index (κ1) is 58.2. The van der Waals surface area contributed by atoms with Gasteiger partial charge >= 0.3 is 11.9 Å². The predicted molar refractivity (Wildman–Crippen MR) is 258 cm³/mol. The molecular formula is C52H71NO22. The Hall–Kier alpha value is -4.51. The summed E-state index contributed by atoms with van der Waals surface area (Å²) in [6, 6.07) is 15.0. The SMILES string of the molecule is C=C1Oc2ccccc2C=C1COC1C(O)[C@@H](OCCNC(=O)C2C[C@@H](CC)C(O[C@@H]3OC(C)[C@@H](O)[C@H](O)C3O)[C@H](O[C@@H]3OC(CO)[C@H](O)C(O[C@@H](CCC)C(=O)O)C3OC(=O)c3ccccc3)C2)O[C@H](CO)[C@H]1O. The molecule has 0 bridgehead atoms. The van der Waals surface area contributed by atoms with E-state index < -0.39 is 153 Å². The van der Waals surface area contributed by atoms with Gasteiger partial charge in [-0.3, -0.25) is 4.79 Å². The maximum Gasteiger partial charge on any atom is 0.338 e. The van der Waals surface area contributed by atoms with E-state index in [1.807, 2.05) is 31.2 Å². The van der Waals surface area contributed by atoms with Gasteiger partial charge in [-0.05, 0) is 56.4 Å². The Morgan fingerprint density at radius 3 is 2.11 bits per heavy atom. The molecule has 4 heterocycles. The molecule has 5 aliphatic rings. The minimum Gasteiger partial charge on any atom is -0.479 e. The molecule has 416 valence electrons. The summed E-state index contributed by atoms with van der Waals surface area (Å²) in [6.45, 7) is 7.00. The number of aliphatic hydroxyl groups is 8. The van der Waals surface area contributed by atoms with Gasteiger partial charge in [0, 0.05) is 23.6 Å². The number of carboxylic acid groups (broad SMARTS) is 1. The smallest absolute Gasteiger partial charge is 0.338 e. The Kier molecular flexibility index (Phi) is 20.7. The number of fused-ring (bicyclic) bond motifs is 1. The van der Waals surface area contributed by atoms with Crippen LogP contribution in [0.3, 0.4) is 0 Å². The van der Waals surface area contributed by atoms with Crippen molar-refractivity contribution in [3.8, 4) is 5.75 Å². The molecule has 9 unspecified atom stereocenters. The molecule has 2 aromatic carbocycles. The third-order valence-corrected chi connectivity index (χ3v) is 14.2. The molecule has 3 saturated heterocycles. The van der Waals surface area contributed by atoms with Crippen molar-refractivity contribution in [2.45, 2.75) is 163 Å². The van der Waals surface area contributed by atoms with Crippen molar-refractivity contribution in [2.24, 2.45) is 11.8 Å². The number of amides is 1. The van der Waals surface area contributed by atoms with E-state index in [0.717, 1.165) is 5.56 Å². The summed E-state index contributed by atoms with van der Waals surface area (Å²) in [5.41, 5.74) is 1.40. The van der Waals surface area contributed by atoms with E-state index in [1.165, 1.54) is 19.1 Å². The lowest BCUT2D eigenvalue weighted by Crippen LogP contribution is -2.64. The quantitative estimate of drug-likeness (QED) is 0.0544. The molecule has 0 aromatic heterocycles. The summed E-state index contributed by atoms with van der Waals surface area (Å²) in [6.07, 6.45) is -24.0. The molecule has 1 aliphatic carbocycles. The molecular weight excluding hydrogens is 991 g/mol. The third-order valence-electron chi connectivity index (χ3n) is 14.2. The van der Waals surface area contributed by atoms with Gasteiger partial charge in [-0.1, -0.05) is 69.7 Å². The predicted octanol–water partition coefficient (Wildman–Crippen LogP) is -0.0906. The highest BCUT2D eigenvalue weighted by Crippen LogP contribution is 2.41. The first-order valence-electron chi connectivity index (χ1n) is 25.4. The van der Waals surface area contributed by atoms with E-state index in [-0.39, 0.29) is 44.6 Å². The maximum atomic E-state index is 14.2. The monoisotopic (exact) mass is 1060 g/mol. The van der Waals surface area contributed by atoms with Crippen LogP contribution in [0.4, 0.5) is 0 Å². The van der Waals surface area contributed by atoms with Gasteiger partial charge in [-0.2, -0.15) is 0 Å². The van der Waals surface area contributed by atoms with Gasteiger partial charge in [-0.15, -0.1) is 0 Å². The van der Waals surface area contributed by atoms with Crippen LogP contribution in [-0.4, -0.2) is 207 Å². The topological polar surface area (TPSA) is 338 Å². The second-order valence-electron chi connectivity index (χ2n) is 19.3. The number of esters is 1. The Morgan fingerprint density at radius 2 is 1.43 bits per heavy atom. The van der Waals surface area contributed by atoms with Gasteiger partial charge < -0.3 is 98.6 Å². The number of ether oxygens (including phenoxy) is 10. The average molecular weight is 1060 g/mol. The zero-order valence-electron chi connectivity index (χ0n) is 41.9. The van der Waals surface area contributed by atoms with E-state index in [4.69, 9.17) is 47.4 Å². The summed E-state index contributed by atoms with van der Waals surface area (Å²) in [5.74, 6) is -3.29. The first-order chi connectivity index (χ1) is 36.0. The van der Waals surface area contributed by atoms with Gasteiger partial charge in [0.05, 0.1) is 50.3 Å². The molecule has 1 amide bonds. The maximum absolute atomic E-state index is 14.2. The highest BCUT2D eigenvalue weighted by Gasteiger charge is 2.54. The minimum absolute atomic E-state index is 0.00741. The molecule has 0 spiro atoms. The third kappa shape index (κ3) is 13.8. The van der Waals surface area contributed by atoms with Crippen molar-refractivity contribution in [2.75, 3.05) is 33.0 Å². The number of hydrogen-bond donors (Lipinski definition) is 10. The van der Waals surface area contributed by atoms with Crippen LogP contribution in [0.5, 0.6) is 5.75 Å². The van der Waals surface area contributed by atoms with Gasteiger partial charge in [-0.25, -0.2) is 9.59 Å². The number of carbonyl (C=O) groups excluding carboxylic acids is 2. The largest absolute Gasteiger partial charge is 0.479 e. The first-order valence-corrected chi connectivity index (χ1v) is 25.4. The molecule has 0 radical (unpaired) electrons. The lowest BCUT2D eigenvalue weighted by atomic mass is 9.75. The van der Waals surface area contributed by atoms with Gasteiger partial charge in [0.25, 0.3) is 0 Å². The van der Waals surface area contributed by atoms with Crippen LogP contribution < -0.4 is 10.1 Å². The van der Waals surface area contributed by atoms with Crippen LogP contribution in [0.15, 0.2) is 72.5 Å². The van der Waals surface area contributed by atoms with Crippen LogP contribution in [0.1, 0.15) is 68.8 Å². The number of rotatable bonds is 22. The number of hydrogen-bond acceptors (Lipinski definition) is 21. The number of aliphatic carboxylic acids is 1. The summed E-state index contributed by atoms with van der Waals surface area (Å²) in [5, 5.41) is 99.6. The number of para-hydroxylation sites is 1. The Balaban J connectivity index is 1.09. The summed E-state index contributed by atoms with van der Waals surface area (Å²) >= 11 is 0. The number of benzene rings is 2. The van der Waals surface area contributed by atoms with Crippen LogP contribution in [-0.2, 0) is 52.2 Å². The standard InChI is InChI=1S/C52H71NO22/c1-5-12-33(48(63)64)70-45-39(58)36(23-55)73-52(46(45)74-49(65)28-13-8-7-9-14-28)71-34-21-30(19-27(6-2)43(34)75-51-41(60)40(59)37(56)26(4)69-51)47(62)53-17-18-66-50-42(61)44(38(57)35(22-54)72-50)67-24-31-20-29-15-10-11-16-32(29)68-25(31)3/h7-11,13-16,20,26-27,30,33-46,50-52,54-61H,3,5-6,12,17-19,21-24H2,1-2,4H3,(H,53,62)(H,63,64)/t26?,27-,30?,33+,34-,35-,36?,37-,38-,39+,40+,41?,42?,43?,44?,45?,46?,50+,51+,52-/m1/s1. The lowest BCUT2D eigenvalue weighted by molar-refractivity contribution is -0.349. The molecule has 2 aromatic rings. The molecule has 23 nitrogen and oxygen atoms in total. The molecule has 4 fully saturated rings. The van der Waals surface area contributed by atoms with E-state index >= 15 is 0 Å². The lowest BCUT2D eigenvalue weighted by Gasteiger charge is -2.48. The number of nitrogens with one attached hydrogen (secondary N) is 1. The van der Waals surface area contributed by atoms with Crippen LogP contribution in [0, 0.1) is 11.8 Å². The molecule has 7 rings (SSSR count). The van der Waals surface area contributed by atoms with Crippen molar-refractivity contribution >= 4 is 23.9 Å². The Labute approximate surface area is 433 Å². The average Bonchev–Trinajstić information content (AvgIpc) is 3.40. The number of aliphatic hydroxyl groups excluding tert-OH is 8. The van der Waals surface area contributed by atoms with Gasteiger partial charge in [0.2, 0.25) is 5.91 Å². The van der Waals surface area contributed by atoms with Gasteiger partial charge in [0.15, 0.2) is 31.1 Å². The minimum atomic E-state index is -1.75. The van der Waals surface area contributed by atoms with E-state index in [9.17, 15) is 60.3 Å². The second-order valence-corrected chi connectivity index (χ2v) is 19.3. The van der Waals surface area contributed by atoms with Crippen molar-refractivity contribution in [3.63, 3.8) is 0 Å². The number of carboxylic acids is 1. The number of carbonyl (C=O) groups is 3. The van der Waals surface area contributed by atoms with Crippen LogP contribution in [0.2, 0.25) is 0 Å². The van der Waals surface area contributed by atoms with Gasteiger partial charge in [0.1, 0.15) is 72.5 Å². The zero-order chi connectivity index (χ0) is 54.1. The van der Waals surface area contributed by atoms with E-state index in [0.29, 0.717) is 29.9 Å². The molecule has 75 heavy (non-hydrogen) atoms. The fourth-order valence-electron chi connectivity index (χ4n) is 9.96. The van der Waals surface area contributed by atoms with Crippen LogP contribution >= 0.6 is 0 Å². The van der Waals surface area contributed by atoms with E-state index in [2.05, 4.69) is 11.9 Å². The molecule has 20 atom stereocenters. The van der Waals surface area contributed by atoms with Crippen molar-refractivity contribution < 1.29 is 108 Å². The molecule has 4 aliphatic heterocycles. The zero-order valence-corrected chi connectivity index (χ0v) is 41.9. The normalized spacial score (nSPS) is 36.3. The van der Waals surface area contributed by atoms with Crippen molar-refractivity contribution in [3.05, 3.63) is 83.6 Å². The fraction of sp³-hybridized carbons (Fsp3) is 0.635.